The van der Waals surface area contributed by atoms with Gasteiger partial charge in [0.1, 0.15) is 5.75 Å². The number of nitrogens with one attached hydrogen (secondary N) is 1. The van der Waals surface area contributed by atoms with Gasteiger partial charge in [-0.25, -0.2) is 13.1 Å². The second kappa shape index (κ2) is 7.92. The first-order chi connectivity index (χ1) is 11.6. The Labute approximate surface area is 146 Å². The van der Waals surface area contributed by atoms with Crippen LogP contribution >= 0.6 is 0 Å². The minimum absolute atomic E-state index is 0.0918. The van der Waals surface area contributed by atoms with Crippen molar-refractivity contribution in [1.82, 2.24) is 9.62 Å². The molecule has 25 heavy (non-hydrogen) atoms. The van der Waals surface area contributed by atoms with Crippen LogP contribution in [0.4, 0.5) is 13.2 Å². The van der Waals surface area contributed by atoms with Crippen molar-refractivity contribution in [3.05, 3.63) is 24.3 Å². The Morgan fingerprint density at radius 1 is 1.28 bits per heavy atom. The molecule has 0 bridgehead atoms. The summed E-state index contributed by atoms with van der Waals surface area (Å²) in [6.07, 6.45) is -0.801. The molecule has 0 aliphatic carbocycles. The molecule has 1 aliphatic heterocycles. The van der Waals surface area contributed by atoms with Crippen LogP contribution in [-0.2, 0) is 10.0 Å². The summed E-state index contributed by atoms with van der Waals surface area (Å²) in [4.78, 5) is 2.14. The van der Waals surface area contributed by atoms with Crippen LogP contribution in [-0.4, -0.2) is 45.4 Å². The van der Waals surface area contributed by atoms with Crippen LogP contribution in [0.5, 0.6) is 5.75 Å². The van der Waals surface area contributed by atoms with Crippen molar-refractivity contribution in [1.29, 1.82) is 0 Å². The molecule has 2 atom stereocenters. The fourth-order valence-electron chi connectivity index (χ4n) is 3.05. The molecule has 1 aromatic rings. The third-order valence-corrected chi connectivity index (χ3v) is 5.88. The van der Waals surface area contributed by atoms with Crippen molar-refractivity contribution in [2.24, 2.45) is 0 Å². The van der Waals surface area contributed by atoms with Gasteiger partial charge in [-0.1, -0.05) is 6.42 Å². The van der Waals surface area contributed by atoms with Crippen LogP contribution in [0.15, 0.2) is 29.2 Å². The summed E-state index contributed by atoms with van der Waals surface area (Å²) in [5, 5.41) is 0. The van der Waals surface area contributed by atoms with Gasteiger partial charge in [0, 0.05) is 12.1 Å². The van der Waals surface area contributed by atoms with E-state index in [0.717, 1.165) is 50.1 Å². The van der Waals surface area contributed by atoms with Crippen LogP contribution in [0, 0.1) is 0 Å². The Morgan fingerprint density at radius 3 is 2.48 bits per heavy atom. The molecule has 9 heteroatoms. The SMILES string of the molecule is C[C@@H](C[C@@H]1CCCCN1C)NS(=O)(=O)c1ccc(OC(F)(F)F)cc1. The summed E-state index contributed by atoms with van der Waals surface area (Å²) in [5.41, 5.74) is 0. The van der Waals surface area contributed by atoms with E-state index in [2.05, 4.69) is 14.4 Å². The van der Waals surface area contributed by atoms with Gasteiger partial charge in [-0.2, -0.15) is 0 Å². The van der Waals surface area contributed by atoms with E-state index in [0.29, 0.717) is 12.5 Å². The van der Waals surface area contributed by atoms with Crippen LogP contribution < -0.4 is 9.46 Å². The predicted molar refractivity (Wildman–Crippen MR) is 87.8 cm³/mol. The first kappa shape index (κ1) is 20.0. The molecule has 1 heterocycles. The maximum absolute atomic E-state index is 12.4. The van der Waals surface area contributed by atoms with Crippen molar-refractivity contribution < 1.29 is 26.3 Å². The first-order valence-corrected chi connectivity index (χ1v) is 9.63. The molecular weight excluding hydrogens is 357 g/mol. The molecule has 0 aromatic heterocycles. The molecular formula is C16H23F3N2O3S. The third kappa shape index (κ3) is 6.16. The highest BCUT2D eigenvalue weighted by atomic mass is 32.2. The van der Waals surface area contributed by atoms with Crippen LogP contribution in [0.25, 0.3) is 0 Å². The number of halogens is 3. The fraction of sp³-hybridized carbons (Fsp3) is 0.625. The Hall–Kier alpha value is -1.32. The van der Waals surface area contributed by atoms with Gasteiger partial charge in [-0.05, 0) is 64.0 Å². The number of likely N-dealkylation sites (tertiary alicyclic amines) is 1. The molecule has 1 fully saturated rings. The number of rotatable bonds is 6. The van der Waals surface area contributed by atoms with Gasteiger partial charge in [0.25, 0.3) is 0 Å². The molecule has 0 spiro atoms. The molecule has 1 N–H and O–H groups in total. The summed E-state index contributed by atoms with van der Waals surface area (Å²) in [6, 6.07) is 4.23. The predicted octanol–water partition coefficient (Wildman–Crippen LogP) is 3.13. The average Bonchev–Trinajstić information content (AvgIpc) is 2.48. The number of sulfonamides is 1. The topological polar surface area (TPSA) is 58.6 Å². The van der Waals surface area contributed by atoms with E-state index >= 15 is 0 Å². The van der Waals surface area contributed by atoms with Crippen molar-refractivity contribution in [2.75, 3.05) is 13.6 Å². The zero-order chi connectivity index (χ0) is 18.7. The quantitative estimate of drug-likeness (QED) is 0.824. The lowest BCUT2D eigenvalue weighted by atomic mass is 9.97. The smallest absolute Gasteiger partial charge is 0.406 e. The number of hydrogen-bond acceptors (Lipinski definition) is 4. The van der Waals surface area contributed by atoms with Gasteiger partial charge in [-0.3, -0.25) is 0 Å². The Balaban J connectivity index is 1.98. The minimum atomic E-state index is -4.81. The fourth-order valence-corrected chi connectivity index (χ4v) is 4.31. The highest BCUT2D eigenvalue weighted by Gasteiger charge is 2.31. The summed E-state index contributed by atoms with van der Waals surface area (Å²) in [7, 11) is -1.76. The van der Waals surface area contributed by atoms with Gasteiger partial charge >= 0.3 is 6.36 Å². The van der Waals surface area contributed by atoms with Gasteiger partial charge in [-0.15, -0.1) is 13.2 Å². The monoisotopic (exact) mass is 380 g/mol. The maximum Gasteiger partial charge on any atom is 0.573 e. The molecule has 5 nitrogen and oxygen atoms in total. The second-order valence-electron chi connectivity index (χ2n) is 6.41. The summed E-state index contributed by atoms with van der Waals surface area (Å²) >= 11 is 0. The van der Waals surface area contributed by atoms with E-state index in [1.54, 1.807) is 6.92 Å². The molecule has 0 unspecified atom stereocenters. The Bertz CT molecular complexity index is 662. The molecule has 1 aliphatic rings. The number of piperidine rings is 1. The molecule has 2 rings (SSSR count). The van der Waals surface area contributed by atoms with Gasteiger partial charge < -0.3 is 9.64 Å². The standard InChI is InChI=1S/C16H23F3N2O3S/c1-12(11-13-5-3-4-10-21(13)2)20-25(22,23)15-8-6-14(7-9-15)24-16(17,18)19/h6-9,12-13,20H,3-5,10-11H2,1-2H3/t12-,13-/m0/s1. The number of ether oxygens (including phenoxy) is 1. The zero-order valence-electron chi connectivity index (χ0n) is 14.2. The minimum Gasteiger partial charge on any atom is -0.406 e. The lowest BCUT2D eigenvalue weighted by molar-refractivity contribution is -0.274. The number of alkyl halides is 3. The largest absolute Gasteiger partial charge is 0.573 e. The number of benzene rings is 1. The molecule has 0 amide bonds. The van der Waals surface area contributed by atoms with E-state index < -0.39 is 22.1 Å². The van der Waals surface area contributed by atoms with Crippen molar-refractivity contribution in [3.63, 3.8) is 0 Å². The van der Waals surface area contributed by atoms with E-state index in [1.807, 2.05) is 7.05 Å². The highest BCUT2D eigenvalue weighted by molar-refractivity contribution is 7.89. The summed E-state index contributed by atoms with van der Waals surface area (Å²) < 4.78 is 67.5. The van der Waals surface area contributed by atoms with Crippen LogP contribution in [0.3, 0.4) is 0 Å². The third-order valence-electron chi connectivity index (χ3n) is 4.27. The number of nitrogens with zero attached hydrogens (tertiary/aromatic N) is 1. The molecule has 1 aromatic carbocycles. The Morgan fingerprint density at radius 2 is 1.92 bits per heavy atom. The molecule has 0 radical (unpaired) electrons. The lowest BCUT2D eigenvalue weighted by Gasteiger charge is -2.34. The lowest BCUT2D eigenvalue weighted by Crippen LogP contribution is -2.42. The first-order valence-electron chi connectivity index (χ1n) is 8.15. The van der Waals surface area contributed by atoms with Crippen molar-refractivity contribution in [3.8, 4) is 5.75 Å². The van der Waals surface area contributed by atoms with Crippen LogP contribution in [0.2, 0.25) is 0 Å². The molecule has 0 saturated carbocycles. The average molecular weight is 380 g/mol. The highest BCUT2D eigenvalue weighted by Crippen LogP contribution is 2.24. The second-order valence-corrected chi connectivity index (χ2v) is 8.12. The van der Waals surface area contributed by atoms with Gasteiger partial charge in [0.2, 0.25) is 10.0 Å². The van der Waals surface area contributed by atoms with Gasteiger partial charge in [0.05, 0.1) is 4.90 Å². The zero-order valence-corrected chi connectivity index (χ0v) is 15.0. The van der Waals surface area contributed by atoms with E-state index in [9.17, 15) is 21.6 Å². The summed E-state index contributed by atoms with van der Waals surface area (Å²) in [6.45, 7) is 2.80. The van der Waals surface area contributed by atoms with E-state index in [4.69, 9.17) is 0 Å². The summed E-state index contributed by atoms with van der Waals surface area (Å²) in [5.74, 6) is -0.455. The van der Waals surface area contributed by atoms with Crippen molar-refractivity contribution in [2.45, 2.75) is 55.9 Å². The maximum atomic E-state index is 12.4. The van der Waals surface area contributed by atoms with Crippen molar-refractivity contribution >= 4 is 10.0 Å². The van der Waals surface area contributed by atoms with E-state index in [-0.39, 0.29) is 10.9 Å². The Kier molecular flexibility index (Phi) is 6.34. The molecule has 1 saturated heterocycles. The normalized spacial score (nSPS) is 21.1. The van der Waals surface area contributed by atoms with E-state index in [1.165, 1.54) is 0 Å². The van der Waals surface area contributed by atoms with Crippen LogP contribution in [0.1, 0.15) is 32.6 Å². The number of hydrogen-bond donors (Lipinski definition) is 1. The van der Waals surface area contributed by atoms with Gasteiger partial charge in [0.15, 0.2) is 0 Å². The molecule has 142 valence electrons.